The Labute approximate surface area is 154 Å². The Morgan fingerprint density at radius 2 is 2.00 bits per heavy atom. The van der Waals surface area contributed by atoms with Crippen LogP contribution < -0.4 is 20.4 Å². The van der Waals surface area contributed by atoms with E-state index in [1.807, 2.05) is 45.9 Å². The number of anilines is 2. The molecular formula is C19H29N4O3+. The first-order valence-corrected chi connectivity index (χ1v) is 9.15. The van der Waals surface area contributed by atoms with Gasteiger partial charge in [-0.15, -0.1) is 0 Å². The van der Waals surface area contributed by atoms with E-state index in [1.54, 1.807) is 11.0 Å². The van der Waals surface area contributed by atoms with Crippen LogP contribution in [0.1, 0.15) is 34.1 Å². The normalized spacial score (nSPS) is 18.0. The Morgan fingerprint density at radius 3 is 2.65 bits per heavy atom. The van der Waals surface area contributed by atoms with Gasteiger partial charge in [-0.25, -0.2) is 0 Å². The zero-order valence-corrected chi connectivity index (χ0v) is 16.0. The molecule has 0 spiro atoms. The number of benzene rings is 1. The van der Waals surface area contributed by atoms with Crippen molar-refractivity contribution in [3.8, 4) is 0 Å². The molecule has 0 saturated heterocycles. The molecule has 142 valence electrons. The molecule has 0 bridgehead atoms. The predicted octanol–water partition coefficient (Wildman–Crippen LogP) is 0.180. The molecule has 26 heavy (non-hydrogen) atoms. The molecule has 0 aromatic heterocycles. The van der Waals surface area contributed by atoms with Gasteiger partial charge in [0.2, 0.25) is 5.91 Å². The van der Waals surface area contributed by atoms with Gasteiger partial charge in [-0.3, -0.25) is 14.4 Å². The molecule has 7 heteroatoms. The van der Waals surface area contributed by atoms with Crippen LogP contribution in [0.5, 0.6) is 0 Å². The van der Waals surface area contributed by atoms with Gasteiger partial charge in [0.25, 0.3) is 11.8 Å². The molecule has 3 amide bonds. The zero-order chi connectivity index (χ0) is 19.3. The van der Waals surface area contributed by atoms with Gasteiger partial charge >= 0.3 is 0 Å². The number of rotatable bonds is 6. The van der Waals surface area contributed by atoms with Gasteiger partial charge in [0.15, 0.2) is 13.1 Å². The fraction of sp³-hybridized carbons (Fsp3) is 0.526. The van der Waals surface area contributed by atoms with Gasteiger partial charge in [0.05, 0.1) is 17.9 Å². The molecule has 1 aromatic rings. The van der Waals surface area contributed by atoms with Crippen molar-refractivity contribution in [3.63, 3.8) is 0 Å². The maximum absolute atomic E-state index is 13.0. The lowest BCUT2D eigenvalue weighted by Crippen LogP contribution is -3.14. The van der Waals surface area contributed by atoms with Crippen LogP contribution in [0.4, 0.5) is 11.4 Å². The van der Waals surface area contributed by atoms with Crippen molar-refractivity contribution in [1.29, 1.82) is 0 Å². The van der Waals surface area contributed by atoms with Crippen molar-refractivity contribution in [2.75, 3.05) is 29.9 Å². The van der Waals surface area contributed by atoms with Gasteiger partial charge < -0.3 is 20.4 Å². The number of nitrogens with one attached hydrogen (secondary N) is 3. The number of hydrogen-bond donors (Lipinski definition) is 3. The van der Waals surface area contributed by atoms with Gasteiger partial charge in [0.1, 0.15) is 0 Å². The van der Waals surface area contributed by atoms with Crippen LogP contribution in [-0.2, 0) is 14.4 Å². The lowest BCUT2D eigenvalue weighted by Gasteiger charge is -2.29. The molecule has 1 unspecified atom stereocenters. The third-order valence-corrected chi connectivity index (χ3v) is 4.39. The largest absolute Gasteiger partial charge is 0.349 e. The van der Waals surface area contributed by atoms with Gasteiger partial charge in [0, 0.05) is 18.5 Å². The van der Waals surface area contributed by atoms with Gasteiger partial charge in [-0.05, 0) is 39.8 Å². The van der Waals surface area contributed by atoms with E-state index in [4.69, 9.17) is 0 Å². The fourth-order valence-corrected chi connectivity index (χ4v) is 3.18. The Bertz CT molecular complexity index is 675. The number of para-hydroxylation sites is 2. The van der Waals surface area contributed by atoms with E-state index in [-0.39, 0.29) is 49.3 Å². The zero-order valence-electron chi connectivity index (χ0n) is 16.0. The summed E-state index contributed by atoms with van der Waals surface area (Å²) in [5.74, 6) is -0.252. The van der Waals surface area contributed by atoms with Gasteiger partial charge in [-0.1, -0.05) is 12.1 Å². The number of likely N-dealkylation sites (N-methyl/N-ethyl adjacent to an activating group) is 1. The van der Waals surface area contributed by atoms with E-state index in [1.165, 1.54) is 0 Å². The van der Waals surface area contributed by atoms with Crippen molar-refractivity contribution in [2.24, 2.45) is 0 Å². The number of fused-ring (bicyclic) bond motifs is 1. The minimum Gasteiger partial charge on any atom is -0.349 e. The molecule has 3 N–H and O–H groups in total. The molecule has 1 aromatic carbocycles. The monoisotopic (exact) mass is 361 g/mol. The lowest BCUT2D eigenvalue weighted by atomic mass is 10.1. The van der Waals surface area contributed by atoms with Crippen molar-refractivity contribution >= 4 is 29.1 Å². The Hall–Kier alpha value is -2.41. The van der Waals surface area contributed by atoms with E-state index in [0.29, 0.717) is 17.9 Å². The second-order valence-corrected chi connectivity index (χ2v) is 7.06. The summed E-state index contributed by atoms with van der Waals surface area (Å²) in [6.07, 6.45) is 0.246. The van der Waals surface area contributed by atoms with Crippen LogP contribution in [0.25, 0.3) is 0 Å². The molecule has 0 radical (unpaired) electrons. The maximum Gasteiger partial charge on any atom is 0.282 e. The maximum atomic E-state index is 13.0. The molecule has 0 saturated carbocycles. The number of nitrogens with zero attached hydrogens (tertiary/aromatic N) is 1. The fourth-order valence-electron chi connectivity index (χ4n) is 3.18. The van der Waals surface area contributed by atoms with Gasteiger partial charge in [-0.2, -0.15) is 0 Å². The molecule has 2 atom stereocenters. The SMILES string of the molecule is CC[NH+](CC(=O)NC(C)C)CC(=O)N1c2ccccc2NC(=O)C[C@@H]1C. The highest BCUT2D eigenvalue weighted by molar-refractivity contribution is 6.04. The average molecular weight is 361 g/mol. The smallest absolute Gasteiger partial charge is 0.282 e. The Balaban J connectivity index is 2.16. The second-order valence-electron chi connectivity index (χ2n) is 7.06. The van der Waals surface area contributed by atoms with E-state index in [0.717, 1.165) is 4.90 Å². The molecule has 0 fully saturated rings. The van der Waals surface area contributed by atoms with Crippen LogP contribution >= 0.6 is 0 Å². The first-order chi connectivity index (χ1) is 12.3. The summed E-state index contributed by atoms with van der Waals surface area (Å²) in [6.45, 7) is 8.77. The summed E-state index contributed by atoms with van der Waals surface area (Å²) in [6, 6.07) is 7.15. The summed E-state index contributed by atoms with van der Waals surface area (Å²) < 4.78 is 0. The molecule has 1 aliphatic heterocycles. The third kappa shape index (κ3) is 5.05. The second kappa shape index (κ2) is 8.80. The van der Waals surface area contributed by atoms with Crippen LogP contribution in [0.15, 0.2) is 24.3 Å². The third-order valence-electron chi connectivity index (χ3n) is 4.39. The van der Waals surface area contributed by atoms with E-state index in [2.05, 4.69) is 10.6 Å². The Morgan fingerprint density at radius 1 is 1.31 bits per heavy atom. The Kier molecular flexibility index (Phi) is 6.74. The molecular weight excluding hydrogens is 332 g/mol. The van der Waals surface area contributed by atoms with Crippen LogP contribution in [0, 0.1) is 0 Å². The van der Waals surface area contributed by atoms with Crippen molar-refractivity contribution in [2.45, 2.75) is 46.2 Å². The van der Waals surface area contributed by atoms with E-state index in [9.17, 15) is 14.4 Å². The van der Waals surface area contributed by atoms with Crippen LogP contribution in [0.3, 0.4) is 0 Å². The summed E-state index contributed by atoms with van der Waals surface area (Å²) in [5, 5.41) is 5.72. The number of carbonyl (C=O) groups excluding carboxylic acids is 3. The highest BCUT2D eigenvalue weighted by Gasteiger charge is 2.31. The molecule has 1 aliphatic rings. The summed E-state index contributed by atoms with van der Waals surface area (Å²) in [4.78, 5) is 39.7. The standard InChI is InChI=1S/C19H28N4O3/c1-5-22(11-18(25)20-13(2)3)12-19(26)23-14(4)10-17(24)21-15-8-6-7-9-16(15)23/h6-9,13-14H,5,10-12H2,1-4H3,(H,20,25)(H,21,24)/p+1/t14-/m0/s1. The lowest BCUT2D eigenvalue weighted by molar-refractivity contribution is -0.881. The molecule has 1 heterocycles. The topological polar surface area (TPSA) is 82.9 Å². The average Bonchev–Trinajstić information content (AvgIpc) is 2.67. The molecule has 2 rings (SSSR count). The predicted molar refractivity (Wildman–Crippen MR) is 101 cm³/mol. The van der Waals surface area contributed by atoms with Crippen molar-refractivity contribution in [3.05, 3.63) is 24.3 Å². The molecule has 0 aliphatic carbocycles. The quantitative estimate of drug-likeness (QED) is 0.676. The minimum absolute atomic E-state index is 0.0641. The van der Waals surface area contributed by atoms with Crippen LogP contribution in [0.2, 0.25) is 0 Å². The van der Waals surface area contributed by atoms with Crippen LogP contribution in [-0.4, -0.2) is 49.4 Å². The highest BCUT2D eigenvalue weighted by atomic mass is 16.2. The van der Waals surface area contributed by atoms with Crippen molar-refractivity contribution in [1.82, 2.24) is 5.32 Å². The summed E-state index contributed by atoms with van der Waals surface area (Å²) >= 11 is 0. The minimum atomic E-state index is -0.242. The van der Waals surface area contributed by atoms with E-state index < -0.39 is 0 Å². The number of amides is 3. The van der Waals surface area contributed by atoms with E-state index >= 15 is 0 Å². The highest BCUT2D eigenvalue weighted by Crippen LogP contribution is 2.30. The molecule has 7 nitrogen and oxygen atoms in total. The first kappa shape index (κ1) is 19.9. The summed E-state index contributed by atoms with van der Waals surface area (Å²) in [7, 11) is 0. The first-order valence-electron chi connectivity index (χ1n) is 9.15. The number of hydrogen-bond acceptors (Lipinski definition) is 3. The van der Waals surface area contributed by atoms with Crippen molar-refractivity contribution < 1.29 is 19.3 Å². The number of carbonyl (C=O) groups is 3. The number of quaternary nitrogens is 1. The summed E-state index contributed by atoms with van der Waals surface area (Å²) in [5.41, 5.74) is 1.35.